The van der Waals surface area contributed by atoms with Crippen molar-refractivity contribution in [2.45, 2.75) is 34.1 Å². The summed E-state index contributed by atoms with van der Waals surface area (Å²) in [6.45, 7) is 10.5. The Morgan fingerprint density at radius 1 is 1.29 bits per heavy atom. The largest absolute Gasteiger partial charge is 0.491 e. The molecule has 0 saturated carbocycles. The van der Waals surface area contributed by atoms with Crippen LogP contribution in [0.5, 0.6) is 5.75 Å². The van der Waals surface area contributed by atoms with Gasteiger partial charge in [0.05, 0.1) is 6.54 Å². The first-order valence-electron chi connectivity index (χ1n) is 7.23. The van der Waals surface area contributed by atoms with Gasteiger partial charge in [-0.25, -0.2) is 0 Å². The Hall–Kier alpha value is -0.980. The van der Waals surface area contributed by atoms with Crippen molar-refractivity contribution in [3.63, 3.8) is 0 Å². The summed E-state index contributed by atoms with van der Waals surface area (Å²) in [6, 6.07) is 6.14. The second-order valence-electron chi connectivity index (χ2n) is 5.45. The Bertz CT molecular complexity index is 427. The van der Waals surface area contributed by atoms with E-state index in [1.54, 1.807) is 0 Å². The standard InChI is InChI=1S/C16H27N3O.HI/c1-12(2)8-9-18-16(17)19-10-11-20-15-13(3)6-5-7-14(15)4;/h5-7,12H,8-11H2,1-4H3,(H3,17,18,19);1H. The van der Waals surface area contributed by atoms with E-state index in [1.807, 2.05) is 6.07 Å². The topological polar surface area (TPSA) is 59.6 Å². The molecule has 0 aliphatic rings. The number of para-hydroxylation sites is 1. The molecule has 0 aliphatic heterocycles. The zero-order valence-corrected chi connectivity index (χ0v) is 15.8. The van der Waals surface area contributed by atoms with E-state index in [2.05, 4.69) is 50.1 Å². The van der Waals surface area contributed by atoms with Crippen LogP contribution in [0, 0.1) is 19.8 Å². The molecule has 0 atom stereocenters. The summed E-state index contributed by atoms with van der Waals surface area (Å²) in [5.41, 5.74) is 8.09. The van der Waals surface area contributed by atoms with Crippen molar-refractivity contribution in [3.8, 4) is 5.75 Å². The van der Waals surface area contributed by atoms with Crippen LogP contribution in [-0.2, 0) is 0 Å². The maximum absolute atomic E-state index is 5.79. The lowest BCUT2D eigenvalue weighted by molar-refractivity contribution is 0.318. The molecule has 0 fully saturated rings. The average molecular weight is 405 g/mol. The smallest absolute Gasteiger partial charge is 0.188 e. The number of nitrogens with one attached hydrogen (secondary N) is 1. The molecule has 0 aliphatic carbocycles. The highest BCUT2D eigenvalue weighted by molar-refractivity contribution is 14.0. The van der Waals surface area contributed by atoms with Crippen molar-refractivity contribution in [1.29, 1.82) is 0 Å². The maximum atomic E-state index is 5.79. The predicted octanol–water partition coefficient (Wildman–Crippen LogP) is 3.25. The van der Waals surface area contributed by atoms with Gasteiger partial charge in [-0.05, 0) is 37.3 Å². The molecule has 0 saturated heterocycles. The predicted molar refractivity (Wildman–Crippen MR) is 101 cm³/mol. The van der Waals surface area contributed by atoms with Crippen molar-refractivity contribution in [3.05, 3.63) is 29.3 Å². The highest BCUT2D eigenvalue weighted by atomic mass is 127. The van der Waals surface area contributed by atoms with Gasteiger partial charge >= 0.3 is 0 Å². The Morgan fingerprint density at radius 3 is 2.48 bits per heavy atom. The van der Waals surface area contributed by atoms with Gasteiger partial charge in [0.15, 0.2) is 5.96 Å². The maximum Gasteiger partial charge on any atom is 0.188 e. The van der Waals surface area contributed by atoms with Gasteiger partial charge in [-0.3, -0.25) is 4.99 Å². The normalized spacial score (nSPS) is 11.2. The molecule has 5 heteroatoms. The van der Waals surface area contributed by atoms with E-state index in [9.17, 15) is 0 Å². The molecule has 4 nitrogen and oxygen atoms in total. The Morgan fingerprint density at radius 2 is 1.90 bits per heavy atom. The van der Waals surface area contributed by atoms with Crippen LogP contribution >= 0.6 is 24.0 Å². The fourth-order valence-electron chi connectivity index (χ4n) is 1.86. The number of hydrogen-bond donors (Lipinski definition) is 2. The monoisotopic (exact) mass is 405 g/mol. The second kappa shape index (κ2) is 10.7. The quantitative estimate of drug-likeness (QED) is 0.317. The third-order valence-corrected chi connectivity index (χ3v) is 3.05. The first-order valence-corrected chi connectivity index (χ1v) is 7.23. The SMILES string of the molecule is Cc1cccc(C)c1OCCNC(N)=NCCC(C)C.I. The number of aliphatic imine (C=N–C) groups is 1. The molecule has 1 aromatic rings. The van der Waals surface area contributed by atoms with E-state index in [-0.39, 0.29) is 24.0 Å². The van der Waals surface area contributed by atoms with Gasteiger partial charge in [0.25, 0.3) is 0 Å². The molecule has 21 heavy (non-hydrogen) atoms. The van der Waals surface area contributed by atoms with Crippen LogP contribution in [0.2, 0.25) is 0 Å². The van der Waals surface area contributed by atoms with E-state index in [4.69, 9.17) is 10.5 Å². The van der Waals surface area contributed by atoms with Gasteiger partial charge in [-0.1, -0.05) is 32.0 Å². The van der Waals surface area contributed by atoms with Crippen LogP contribution in [0.25, 0.3) is 0 Å². The van der Waals surface area contributed by atoms with Crippen molar-refractivity contribution >= 4 is 29.9 Å². The van der Waals surface area contributed by atoms with Gasteiger partial charge in [-0.15, -0.1) is 24.0 Å². The number of ether oxygens (including phenoxy) is 1. The van der Waals surface area contributed by atoms with Crippen molar-refractivity contribution in [1.82, 2.24) is 5.32 Å². The van der Waals surface area contributed by atoms with Gasteiger partial charge in [0.2, 0.25) is 0 Å². The van der Waals surface area contributed by atoms with Crippen molar-refractivity contribution in [2.75, 3.05) is 19.7 Å². The minimum Gasteiger partial charge on any atom is -0.491 e. The molecule has 1 rings (SSSR count). The molecule has 0 amide bonds. The highest BCUT2D eigenvalue weighted by Gasteiger charge is 2.02. The van der Waals surface area contributed by atoms with E-state index in [0.717, 1.165) is 29.8 Å². The third-order valence-electron chi connectivity index (χ3n) is 3.05. The number of halogens is 1. The van der Waals surface area contributed by atoms with Gasteiger partial charge in [0, 0.05) is 6.54 Å². The summed E-state index contributed by atoms with van der Waals surface area (Å²) in [6.07, 6.45) is 1.06. The lowest BCUT2D eigenvalue weighted by Crippen LogP contribution is -2.35. The Kier molecular flexibility index (Phi) is 10.2. The van der Waals surface area contributed by atoms with Gasteiger partial charge in [-0.2, -0.15) is 0 Å². The number of aryl methyl sites for hydroxylation is 2. The van der Waals surface area contributed by atoms with E-state index in [1.165, 1.54) is 0 Å². The number of guanidine groups is 1. The van der Waals surface area contributed by atoms with Crippen LogP contribution < -0.4 is 15.8 Å². The fourth-order valence-corrected chi connectivity index (χ4v) is 1.86. The Labute approximate surface area is 145 Å². The van der Waals surface area contributed by atoms with Crippen LogP contribution in [0.3, 0.4) is 0 Å². The Balaban J connectivity index is 0.00000400. The zero-order valence-electron chi connectivity index (χ0n) is 13.5. The summed E-state index contributed by atoms with van der Waals surface area (Å²) >= 11 is 0. The molecule has 0 heterocycles. The molecule has 1 aromatic carbocycles. The first-order chi connectivity index (χ1) is 9.50. The zero-order chi connectivity index (χ0) is 15.0. The molecular weight excluding hydrogens is 377 g/mol. The number of nitrogens with zero attached hydrogens (tertiary/aromatic N) is 1. The lowest BCUT2D eigenvalue weighted by atomic mass is 10.1. The van der Waals surface area contributed by atoms with Crippen LogP contribution in [0.15, 0.2) is 23.2 Å². The number of nitrogens with two attached hydrogens (primary N) is 1. The molecule has 0 unspecified atom stereocenters. The van der Waals surface area contributed by atoms with Gasteiger partial charge in [0.1, 0.15) is 12.4 Å². The molecule has 0 spiro atoms. The van der Waals surface area contributed by atoms with E-state index in [0.29, 0.717) is 25.0 Å². The third kappa shape index (κ3) is 8.14. The van der Waals surface area contributed by atoms with Crippen LogP contribution in [0.4, 0.5) is 0 Å². The lowest BCUT2D eigenvalue weighted by Gasteiger charge is -2.12. The number of hydrogen-bond acceptors (Lipinski definition) is 2. The van der Waals surface area contributed by atoms with Crippen LogP contribution in [0.1, 0.15) is 31.4 Å². The first kappa shape index (κ1) is 20.0. The summed E-state index contributed by atoms with van der Waals surface area (Å²) < 4.78 is 5.79. The molecule has 3 N–H and O–H groups in total. The minimum absolute atomic E-state index is 0. The second-order valence-corrected chi connectivity index (χ2v) is 5.45. The van der Waals surface area contributed by atoms with Crippen molar-refractivity contribution in [2.24, 2.45) is 16.6 Å². The fraction of sp³-hybridized carbons (Fsp3) is 0.562. The average Bonchev–Trinajstić information content (AvgIpc) is 2.37. The molecule has 0 bridgehead atoms. The van der Waals surface area contributed by atoms with E-state index < -0.39 is 0 Å². The highest BCUT2D eigenvalue weighted by Crippen LogP contribution is 2.21. The van der Waals surface area contributed by atoms with Crippen molar-refractivity contribution < 1.29 is 4.74 Å². The summed E-state index contributed by atoms with van der Waals surface area (Å²) in [5, 5.41) is 3.07. The van der Waals surface area contributed by atoms with E-state index >= 15 is 0 Å². The number of benzene rings is 1. The summed E-state index contributed by atoms with van der Waals surface area (Å²) in [5.74, 6) is 2.11. The molecular formula is C16H28IN3O. The van der Waals surface area contributed by atoms with Crippen LogP contribution in [-0.4, -0.2) is 25.7 Å². The summed E-state index contributed by atoms with van der Waals surface area (Å²) in [7, 11) is 0. The van der Waals surface area contributed by atoms with Gasteiger partial charge < -0.3 is 15.8 Å². The molecule has 0 radical (unpaired) electrons. The summed E-state index contributed by atoms with van der Waals surface area (Å²) in [4.78, 5) is 4.27. The minimum atomic E-state index is 0. The number of rotatable bonds is 7. The molecule has 0 aromatic heterocycles. The molecule has 120 valence electrons.